The second kappa shape index (κ2) is 6.67. The maximum atomic E-state index is 12.4. The normalized spacial score (nSPS) is 15.8. The summed E-state index contributed by atoms with van der Waals surface area (Å²) in [6.45, 7) is 3.89. The number of carbonyl (C=O) groups excluding carboxylic acids is 1. The highest BCUT2D eigenvalue weighted by molar-refractivity contribution is 7.14. The number of nitrogens with one attached hydrogen (secondary N) is 1. The first-order valence-corrected chi connectivity index (χ1v) is 8.65. The lowest BCUT2D eigenvalue weighted by Gasteiger charge is -2.29. The lowest BCUT2D eigenvalue weighted by atomic mass is 9.99. The molecule has 1 fully saturated rings. The van der Waals surface area contributed by atoms with Crippen LogP contribution in [0.4, 0.5) is 10.8 Å². The van der Waals surface area contributed by atoms with E-state index in [1.807, 2.05) is 34.5 Å². The molecule has 116 valence electrons. The highest BCUT2D eigenvalue weighted by Gasteiger charge is 2.23. The maximum Gasteiger partial charge on any atom is 0.273 e. The third-order valence-electron chi connectivity index (χ3n) is 3.87. The van der Waals surface area contributed by atoms with Gasteiger partial charge in [-0.1, -0.05) is 24.6 Å². The van der Waals surface area contributed by atoms with Gasteiger partial charge in [-0.15, -0.1) is 11.3 Å². The summed E-state index contributed by atoms with van der Waals surface area (Å²) >= 11 is 7.39. The fourth-order valence-corrected chi connectivity index (χ4v) is 3.39. The second-order valence-electron chi connectivity index (χ2n) is 5.65. The van der Waals surface area contributed by atoms with E-state index in [0.29, 0.717) is 21.8 Å². The Morgan fingerprint density at radius 3 is 2.91 bits per heavy atom. The highest BCUT2D eigenvalue weighted by Crippen LogP contribution is 2.24. The summed E-state index contributed by atoms with van der Waals surface area (Å²) in [6, 6.07) is 7.44. The molecule has 1 saturated heterocycles. The van der Waals surface area contributed by atoms with Crippen LogP contribution >= 0.6 is 22.9 Å². The first-order valence-electron chi connectivity index (χ1n) is 7.39. The molecule has 0 bridgehead atoms. The van der Waals surface area contributed by atoms with Gasteiger partial charge >= 0.3 is 0 Å². The zero-order valence-electron chi connectivity index (χ0n) is 12.4. The van der Waals surface area contributed by atoms with Crippen LogP contribution in [0, 0.1) is 5.92 Å². The third-order valence-corrected chi connectivity index (χ3v) is 4.86. The van der Waals surface area contributed by atoms with Gasteiger partial charge < -0.3 is 10.2 Å². The Balaban J connectivity index is 1.67. The number of benzene rings is 1. The lowest BCUT2D eigenvalue weighted by Crippen LogP contribution is -2.38. The van der Waals surface area contributed by atoms with Crippen LogP contribution in [0.15, 0.2) is 29.6 Å². The molecule has 0 unspecified atom stereocenters. The van der Waals surface area contributed by atoms with Gasteiger partial charge in [0.1, 0.15) is 5.69 Å². The molecule has 0 aliphatic carbocycles. The molecule has 22 heavy (non-hydrogen) atoms. The van der Waals surface area contributed by atoms with Crippen LogP contribution in [0.25, 0.3) is 0 Å². The number of likely N-dealkylation sites (tertiary alicyclic amines) is 1. The molecule has 3 rings (SSSR count). The summed E-state index contributed by atoms with van der Waals surface area (Å²) in [6.07, 6.45) is 2.15. The Hall–Kier alpha value is -1.59. The van der Waals surface area contributed by atoms with Crippen molar-refractivity contribution in [3.05, 3.63) is 40.4 Å². The number of piperidine rings is 1. The minimum atomic E-state index is 0.0299. The van der Waals surface area contributed by atoms with Gasteiger partial charge in [0, 0.05) is 29.2 Å². The summed E-state index contributed by atoms with van der Waals surface area (Å²) < 4.78 is 0. The highest BCUT2D eigenvalue weighted by atomic mass is 35.5. The minimum absolute atomic E-state index is 0.0299. The largest absolute Gasteiger partial charge is 0.337 e. The van der Waals surface area contributed by atoms with Crippen molar-refractivity contribution in [2.24, 2.45) is 5.92 Å². The fourth-order valence-electron chi connectivity index (χ4n) is 2.49. The third kappa shape index (κ3) is 3.59. The van der Waals surface area contributed by atoms with Crippen molar-refractivity contribution in [1.82, 2.24) is 9.88 Å². The van der Waals surface area contributed by atoms with Gasteiger partial charge in [0.05, 0.1) is 0 Å². The lowest BCUT2D eigenvalue weighted by molar-refractivity contribution is 0.0692. The molecule has 0 spiro atoms. The number of hydrogen-bond acceptors (Lipinski definition) is 4. The monoisotopic (exact) mass is 335 g/mol. The quantitative estimate of drug-likeness (QED) is 0.903. The zero-order valence-corrected chi connectivity index (χ0v) is 14.0. The Labute approximate surface area is 139 Å². The SMILES string of the molecule is CC1CCN(C(=O)c2csc(Nc3cccc(Cl)c3)n2)CC1. The van der Waals surface area contributed by atoms with Crippen molar-refractivity contribution in [3.63, 3.8) is 0 Å². The van der Waals surface area contributed by atoms with Gasteiger partial charge in [-0.3, -0.25) is 4.79 Å². The van der Waals surface area contributed by atoms with Gasteiger partial charge in [-0.2, -0.15) is 0 Å². The van der Waals surface area contributed by atoms with Crippen molar-refractivity contribution in [3.8, 4) is 0 Å². The van der Waals surface area contributed by atoms with Gasteiger partial charge in [0.15, 0.2) is 5.13 Å². The fraction of sp³-hybridized carbons (Fsp3) is 0.375. The zero-order chi connectivity index (χ0) is 15.5. The number of halogens is 1. The number of thiazole rings is 1. The molecular formula is C16H18ClN3OS. The molecule has 0 atom stereocenters. The molecule has 1 aromatic carbocycles. The molecule has 0 saturated carbocycles. The van der Waals surface area contributed by atoms with Crippen molar-refractivity contribution in [2.75, 3.05) is 18.4 Å². The van der Waals surface area contributed by atoms with Crippen LogP contribution < -0.4 is 5.32 Å². The molecular weight excluding hydrogens is 318 g/mol. The van der Waals surface area contributed by atoms with E-state index in [1.165, 1.54) is 11.3 Å². The average molecular weight is 336 g/mol. The Kier molecular flexibility index (Phi) is 4.64. The Morgan fingerprint density at radius 1 is 1.41 bits per heavy atom. The van der Waals surface area contributed by atoms with E-state index in [9.17, 15) is 4.79 Å². The van der Waals surface area contributed by atoms with Crippen molar-refractivity contribution >= 4 is 39.7 Å². The van der Waals surface area contributed by atoms with E-state index in [0.717, 1.165) is 31.6 Å². The van der Waals surface area contributed by atoms with Crippen molar-refractivity contribution < 1.29 is 4.79 Å². The molecule has 2 heterocycles. The number of nitrogens with zero attached hydrogens (tertiary/aromatic N) is 2. The van der Waals surface area contributed by atoms with E-state index in [-0.39, 0.29) is 5.91 Å². The van der Waals surface area contributed by atoms with E-state index >= 15 is 0 Å². The van der Waals surface area contributed by atoms with Gasteiger partial charge in [0.2, 0.25) is 0 Å². The molecule has 0 radical (unpaired) electrons. The first kappa shape index (κ1) is 15.3. The molecule has 6 heteroatoms. The van der Waals surface area contributed by atoms with E-state index in [4.69, 9.17) is 11.6 Å². The number of rotatable bonds is 3. The van der Waals surface area contributed by atoms with E-state index in [1.54, 1.807) is 0 Å². The van der Waals surface area contributed by atoms with Crippen LogP contribution in [0.5, 0.6) is 0 Å². The number of anilines is 2. The molecule has 1 aromatic heterocycles. The van der Waals surface area contributed by atoms with Crippen molar-refractivity contribution in [2.45, 2.75) is 19.8 Å². The number of hydrogen-bond donors (Lipinski definition) is 1. The minimum Gasteiger partial charge on any atom is -0.337 e. The van der Waals surface area contributed by atoms with E-state index in [2.05, 4.69) is 17.2 Å². The molecule has 1 N–H and O–H groups in total. The first-order chi connectivity index (χ1) is 10.6. The van der Waals surface area contributed by atoms with Crippen LogP contribution in [0.2, 0.25) is 5.02 Å². The summed E-state index contributed by atoms with van der Waals surface area (Å²) in [5.74, 6) is 0.738. The predicted octanol–water partition coefficient (Wildman–Crippen LogP) is 4.41. The standard InChI is InChI=1S/C16H18ClN3OS/c1-11-5-7-20(8-6-11)15(21)14-10-22-16(19-14)18-13-4-2-3-12(17)9-13/h2-4,9-11H,5-8H2,1H3,(H,18,19). The van der Waals surface area contributed by atoms with Crippen molar-refractivity contribution in [1.29, 1.82) is 0 Å². The molecule has 2 aromatic rings. The topological polar surface area (TPSA) is 45.2 Å². The Morgan fingerprint density at radius 2 is 2.18 bits per heavy atom. The molecule has 4 nitrogen and oxygen atoms in total. The van der Waals surface area contributed by atoms with Crippen LogP contribution in [0.3, 0.4) is 0 Å². The van der Waals surface area contributed by atoms with Gasteiger partial charge in [0.25, 0.3) is 5.91 Å². The van der Waals surface area contributed by atoms with Gasteiger partial charge in [-0.05, 0) is 37.0 Å². The maximum absolute atomic E-state index is 12.4. The van der Waals surface area contributed by atoms with Crippen LogP contribution in [-0.4, -0.2) is 28.9 Å². The van der Waals surface area contributed by atoms with Gasteiger partial charge in [-0.25, -0.2) is 4.98 Å². The summed E-state index contributed by atoms with van der Waals surface area (Å²) in [7, 11) is 0. The summed E-state index contributed by atoms with van der Waals surface area (Å²) in [5, 5.41) is 6.37. The number of amides is 1. The molecule has 1 amide bonds. The van der Waals surface area contributed by atoms with Crippen LogP contribution in [0.1, 0.15) is 30.3 Å². The molecule has 1 aliphatic rings. The number of carbonyl (C=O) groups is 1. The smallest absolute Gasteiger partial charge is 0.273 e. The van der Waals surface area contributed by atoms with E-state index < -0.39 is 0 Å². The predicted molar refractivity (Wildman–Crippen MR) is 91.2 cm³/mol. The second-order valence-corrected chi connectivity index (χ2v) is 6.94. The van der Waals surface area contributed by atoms with Crippen LogP contribution in [-0.2, 0) is 0 Å². The Bertz CT molecular complexity index is 665. The average Bonchev–Trinajstić information content (AvgIpc) is 2.96. The molecule has 1 aliphatic heterocycles. The number of aromatic nitrogens is 1. The summed E-state index contributed by atoms with van der Waals surface area (Å²) in [5.41, 5.74) is 1.39. The summed E-state index contributed by atoms with van der Waals surface area (Å²) in [4.78, 5) is 18.8.